The van der Waals surface area contributed by atoms with Gasteiger partial charge in [-0.05, 0) is 12.8 Å². The maximum atomic E-state index is 12.1. The quantitative estimate of drug-likeness (QED) is 0.675. The van der Waals surface area contributed by atoms with Crippen molar-refractivity contribution in [1.29, 1.82) is 0 Å². The molecule has 7 nitrogen and oxygen atoms in total. The number of piperidine rings is 1. The fourth-order valence-corrected chi connectivity index (χ4v) is 4.57. The molecule has 10 heteroatoms. The molecule has 2 heterocycles. The van der Waals surface area contributed by atoms with Crippen molar-refractivity contribution in [2.75, 3.05) is 13.1 Å². The van der Waals surface area contributed by atoms with Crippen LogP contribution in [-0.4, -0.2) is 31.4 Å². The topological polar surface area (TPSA) is 92.5 Å². The highest BCUT2D eigenvalue weighted by molar-refractivity contribution is 7.91. The lowest BCUT2D eigenvalue weighted by Gasteiger charge is -2.26. The minimum Gasteiger partial charge on any atom is -0.258 e. The number of nitrogens with one attached hydrogen (secondary N) is 1. The standard InChI is InChI=1S/C9H12ClN3O4S2/c10-9-7(13(14)15)6-8(18-9)19(16,17)11-12-4-2-1-3-5-12/h6,11H,1-5H2. The summed E-state index contributed by atoms with van der Waals surface area (Å²) in [5, 5.41) is 12.3. The predicted octanol–water partition coefficient (Wildman–Crippen LogP) is 1.99. The second kappa shape index (κ2) is 5.71. The lowest BCUT2D eigenvalue weighted by atomic mass is 10.2. The molecule has 0 aliphatic carbocycles. The van der Waals surface area contributed by atoms with Crippen molar-refractivity contribution < 1.29 is 13.3 Å². The third-order valence-electron chi connectivity index (χ3n) is 2.71. The van der Waals surface area contributed by atoms with Crippen LogP contribution < -0.4 is 4.83 Å². The van der Waals surface area contributed by atoms with Gasteiger partial charge in [0.1, 0.15) is 4.21 Å². The minimum absolute atomic E-state index is 0.135. The molecule has 1 fully saturated rings. The van der Waals surface area contributed by atoms with Crippen LogP contribution in [0.15, 0.2) is 10.3 Å². The van der Waals surface area contributed by atoms with Crippen LogP contribution in [0.25, 0.3) is 0 Å². The molecule has 1 aliphatic heterocycles. The van der Waals surface area contributed by atoms with Crippen LogP contribution in [0.2, 0.25) is 4.34 Å². The van der Waals surface area contributed by atoms with Gasteiger partial charge in [0.05, 0.1) is 4.92 Å². The van der Waals surface area contributed by atoms with Gasteiger partial charge in [-0.2, -0.15) is 0 Å². The molecule has 0 atom stereocenters. The number of rotatable bonds is 4. The third-order valence-corrected chi connectivity index (χ3v) is 5.90. The molecule has 1 aromatic rings. The largest absolute Gasteiger partial charge is 0.300 e. The lowest BCUT2D eigenvalue weighted by molar-refractivity contribution is -0.384. The van der Waals surface area contributed by atoms with Gasteiger partial charge in [-0.25, -0.2) is 13.4 Å². The van der Waals surface area contributed by atoms with Crippen LogP contribution in [0.3, 0.4) is 0 Å². The van der Waals surface area contributed by atoms with Gasteiger partial charge in [-0.15, -0.1) is 16.2 Å². The molecule has 0 bridgehead atoms. The molecule has 1 aromatic heterocycles. The molecule has 106 valence electrons. The van der Waals surface area contributed by atoms with Crippen LogP contribution in [0.4, 0.5) is 5.69 Å². The number of hydrogen-bond acceptors (Lipinski definition) is 6. The SMILES string of the molecule is O=[N+]([O-])c1cc(S(=O)(=O)NN2CCCCC2)sc1Cl. The molecule has 0 aromatic carbocycles. The summed E-state index contributed by atoms with van der Waals surface area (Å²) in [5.74, 6) is 0. The molecular formula is C9H12ClN3O4S2. The second-order valence-corrected chi connectivity index (χ2v) is 7.67. The highest BCUT2D eigenvalue weighted by Gasteiger charge is 2.27. The van der Waals surface area contributed by atoms with E-state index in [4.69, 9.17) is 11.6 Å². The smallest absolute Gasteiger partial charge is 0.258 e. The summed E-state index contributed by atoms with van der Waals surface area (Å²) in [6.45, 7) is 1.28. The van der Waals surface area contributed by atoms with Gasteiger partial charge in [0.2, 0.25) is 0 Å². The average Bonchev–Trinajstić information content (AvgIpc) is 2.73. The monoisotopic (exact) mass is 325 g/mol. The fraction of sp³-hybridized carbons (Fsp3) is 0.556. The van der Waals surface area contributed by atoms with E-state index in [1.54, 1.807) is 5.01 Å². The maximum absolute atomic E-state index is 12.1. The number of hydrazine groups is 1. The summed E-state index contributed by atoms with van der Waals surface area (Å²) in [7, 11) is -3.79. The van der Waals surface area contributed by atoms with Gasteiger partial charge >= 0.3 is 0 Å². The summed E-state index contributed by atoms with van der Waals surface area (Å²) >= 11 is 6.34. The van der Waals surface area contributed by atoms with E-state index >= 15 is 0 Å². The zero-order valence-electron chi connectivity index (χ0n) is 9.83. The fourth-order valence-electron chi connectivity index (χ4n) is 1.80. The predicted molar refractivity (Wildman–Crippen MR) is 71.7 cm³/mol. The van der Waals surface area contributed by atoms with Gasteiger partial charge in [0.15, 0.2) is 4.34 Å². The molecule has 2 rings (SSSR count). The lowest BCUT2D eigenvalue weighted by Crippen LogP contribution is -2.44. The van der Waals surface area contributed by atoms with E-state index < -0.39 is 14.9 Å². The van der Waals surface area contributed by atoms with E-state index in [9.17, 15) is 18.5 Å². The highest BCUT2D eigenvalue weighted by Crippen LogP contribution is 2.36. The highest BCUT2D eigenvalue weighted by atomic mass is 35.5. The first kappa shape index (κ1) is 14.7. The summed E-state index contributed by atoms with van der Waals surface area (Å²) in [4.78, 5) is 12.4. The van der Waals surface area contributed by atoms with Crippen molar-refractivity contribution in [1.82, 2.24) is 9.84 Å². The Morgan fingerprint density at radius 2 is 2.00 bits per heavy atom. The Morgan fingerprint density at radius 1 is 1.37 bits per heavy atom. The number of sulfonamides is 1. The second-order valence-electron chi connectivity index (χ2n) is 4.12. The molecule has 1 saturated heterocycles. The summed E-state index contributed by atoms with van der Waals surface area (Å²) in [6, 6.07) is 0.985. The van der Waals surface area contributed by atoms with Crippen molar-refractivity contribution in [2.24, 2.45) is 0 Å². The van der Waals surface area contributed by atoms with Gasteiger partial charge < -0.3 is 0 Å². The van der Waals surface area contributed by atoms with Crippen LogP contribution in [-0.2, 0) is 10.0 Å². The van der Waals surface area contributed by atoms with Crippen LogP contribution >= 0.6 is 22.9 Å². The Kier molecular flexibility index (Phi) is 4.41. The number of nitro groups is 1. The Bertz CT molecular complexity index is 580. The van der Waals surface area contributed by atoms with Crippen LogP contribution in [0.5, 0.6) is 0 Å². The average molecular weight is 326 g/mol. The van der Waals surface area contributed by atoms with Crippen molar-refractivity contribution in [3.8, 4) is 0 Å². The molecular weight excluding hydrogens is 314 g/mol. The summed E-state index contributed by atoms with van der Waals surface area (Å²) < 4.78 is 23.9. The molecule has 19 heavy (non-hydrogen) atoms. The van der Waals surface area contributed by atoms with E-state index in [1.165, 1.54) is 0 Å². The molecule has 0 saturated carbocycles. The first-order chi connectivity index (χ1) is 8.90. The van der Waals surface area contributed by atoms with Crippen LogP contribution in [0.1, 0.15) is 19.3 Å². The Hall–Kier alpha value is -0.740. The van der Waals surface area contributed by atoms with Crippen molar-refractivity contribution >= 4 is 38.6 Å². The normalized spacial score (nSPS) is 17.5. The van der Waals surface area contributed by atoms with Gasteiger partial charge in [0.25, 0.3) is 15.7 Å². The number of hydrogen-bond donors (Lipinski definition) is 1. The van der Waals surface area contributed by atoms with E-state index in [0.717, 1.165) is 25.3 Å². The van der Waals surface area contributed by atoms with Crippen molar-refractivity contribution in [3.63, 3.8) is 0 Å². The zero-order valence-corrected chi connectivity index (χ0v) is 12.2. The van der Waals surface area contributed by atoms with Crippen molar-refractivity contribution in [3.05, 3.63) is 20.5 Å². The Morgan fingerprint density at radius 3 is 2.53 bits per heavy atom. The Labute approximate surface area is 119 Å². The molecule has 1 N–H and O–H groups in total. The van der Waals surface area contributed by atoms with Gasteiger partial charge in [-0.3, -0.25) is 10.1 Å². The first-order valence-corrected chi connectivity index (χ1v) is 8.29. The van der Waals surface area contributed by atoms with Gasteiger partial charge in [0, 0.05) is 19.2 Å². The Balaban J connectivity index is 2.19. The number of halogens is 1. The molecule has 0 radical (unpaired) electrons. The first-order valence-electron chi connectivity index (χ1n) is 5.61. The minimum atomic E-state index is -3.79. The summed E-state index contributed by atoms with van der Waals surface area (Å²) in [6.07, 6.45) is 2.93. The maximum Gasteiger partial charge on any atom is 0.300 e. The van der Waals surface area contributed by atoms with E-state index in [-0.39, 0.29) is 14.2 Å². The van der Waals surface area contributed by atoms with Crippen LogP contribution in [0, 0.1) is 10.1 Å². The third kappa shape index (κ3) is 3.42. The molecule has 0 amide bonds. The van der Waals surface area contributed by atoms with Gasteiger partial charge in [-0.1, -0.05) is 18.0 Å². The van der Waals surface area contributed by atoms with E-state index in [0.29, 0.717) is 24.4 Å². The molecule has 0 unspecified atom stereocenters. The van der Waals surface area contributed by atoms with E-state index in [2.05, 4.69) is 4.83 Å². The summed E-state index contributed by atoms with van der Waals surface area (Å²) in [5.41, 5.74) is -0.384. The van der Waals surface area contributed by atoms with E-state index in [1.807, 2.05) is 0 Å². The van der Waals surface area contributed by atoms with Crippen molar-refractivity contribution in [2.45, 2.75) is 23.5 Å². The zero-order chi connectivity index (χ0) is 14.0. The number of nitrogens with zero attached hydrogens (tertiary/aromatic N) is 2. The molecule has 0 spiro atoms. The molecule has 1 aliphatic rings. The number of thiophene rings is 1.